The predicted molar refractivity (Wildman–Crippen MR) is 112 cm³/mol. The second-order valence-corrected chi connectivity index (χ2v) is 6.60. The normalized spacial score (nSPS) is 11.2. The Kier molecular flexibility index (Phi) is 7.31. The minimum absolute atomic E-state index is 0.0911. The fourth-order valence-corrected chi connectivity index (χ4v) is 2.82. The van der Waals surface area contributed by atoms with Crippen molar-refractivity contribution in [2.24, 2.45) is 0 Å². The van der Waals surface area contributed by atoms with Crippen LogP contribution in [-0.4, -0.2) is 17.0 Å². The predicted octanol–water partition coefficient (Wildman–Crippen LogP) is 4.56. The number of hydrogen-bond acceptors (Lipinski definition) is 6. The molecule has 0 fully saturated rings. The number of non-ortho nitro benzene ring substituents is 1. The largest absolute Gasteiger partial charge is 0.461 e. The lowest BCUT2D eigenvalue weighted by atomic mass is 10.0. The summed E-state index contributed by atoms with van der Waals surface area (Å²) >= 11 is 0. The number of nitrogens with one attached hydrogen (secondary N) is 1. The Hall–Kier alpha value is -4.20. The monoisotopic (exact) mass is 420 g/mol. The number of carbonyl (C=O) groups is 2. The van der Waals surface area contributed by atoms with Crippen molar-refractivity contribution in [3.05, 3.63) is 106 Å². The van der Waals surface area contributed by atoms with Crippen LogP contribution < -0.4 is 10.1 Å². The first-order valence-electron chi connectivity index (χ1n) is 9.48. The third-order valence-electron chi connectivity index (χ3n) is 4.37. The number of esters is 1. The highest BCUT2D eigenvalue weighted by atomic mass is 16.6. The molecule has 3 rings (SSSR count). The topological polar surface area (TPSA) is 108 Å². The summed E-state index contributed by atoms with van der Waals surface area (Å²) in [6.45, 7) is 0.133. The molecule has 8 heteroatoms. The van der Waals surface area contributed by atoms with Gasteiger partial charge in [0.05, 0.1) is 17.4 Å². The molecule has 0 saturated carbocycles. The highest BCUT2D eigenvalue weighted by molar-refractivity contribution is 5.74. The van der Waals surface area contributed by atoms with Crippen LogP contribution in [0.15, 0.2) is 84.9 Å². The van der Waals surface area contributed by atoms with Crippen molar-refractivity contribution < 1.29 is 24.0 Å². The SMILES string of the molecule is O=C(CC(NC(=O)Oc1ccc([N+](=O)[O-])cc1)c1ccccc1)OCc1ccccc1. The van der Waals surface area contributed by atoms with Crippen molar-refractivity contribution in [2.45, 2.75) is 19.1 Å². The summed E-state index contributed by atoms with van der Waals surface area (Å²) in [4.78, 5) is 34.9. The van der Waals surface area contributed by atoms with Gasteiger partial charge in [0.15, 0.2) is 0 Å². The summed E-state index contributed by atoms with van der Waals surface area (Å²) in [5.74, 6) is -0.338. The van der Waals surface area contributed by atoms with Crippen molar-refractivity contribution in [3.63, 3.8) is 0 Å². The van der Waals surface area contributed by atoms with Gasteiger partial charge in [0, 0.05) is 12.1 Å². The van der Waals surface area contributed by atoms with E-state index in [1.54, 1.807) is 24.3 Å². The minimum atomic E-state index is -0.793. The van der Waals surface area contributed by atoms with Gasteiger partial charge in [0.25, 0.3) is 5.69 Å². The second-order valence-electron chi connectivity index (χ2n) is 6.60. The van der Waals surface area contributed by atoms with Crippen LogP contribution in [0.3, 0.4) is 0 Å². The van der Waals surface area contributed by atoms with Gasteiger partial charge in [-0.3, -0.25) is 14.9 Å². The molecule has 0 heterocycles. The van der Waals surface area contributed by atoms with Gasteiger partial charge in [-0.15, -0.1) is 0 Å². The highest BCUT2D eigenvalue weighted by Gasteiger charge is 2.20. The van der Waals surface area contributed by atoms with Crippen LogP contribution in [0.4, 0.5) is 10.5 Å². The third-order valence-corrected chi connectivity index (χ3v) is 4.37. The van der Waals surface area contributed by atoms with Crippen LogP contribution in [0.25, 0.3) is 0 Å². The molecule has 1 atom stereocenters. The molecule has 0 saturated heterocycles. The number of amides is 1. The number of nitro groups is 1. The second kappa shape index (κ2) is 10.5. The van der Waals surface area contributed by atoms with E-state index < -0.39 is 23.0 Å². The zero-order valence-corrected chi connectivity index (χ0v) is 16.5. The first kappa shape index (κ1) is 21.5. The molecule has 0 radical (unpaired) electrons. The molecule has 1 unspecified atom stereocenters. The Morgan fingerprint density at radius 2 is 1.52 bits per heavy atom. The lowest BCUT2D eigenvalue weighted by Gasteiger charge is -2.18. The first-order valence-corrected chi connectivity index (χ1v) is 9.48. The summed E-state index contributed by atoms with van der Waals surface area (Å²) in [7, 11) is 0. The van der Waals surface area contributed by atoms with E-state index in [0.717, 1.165) is 5.56 Å². The summed E-state index contributed by atoms with van der Waals surface area (Å²) in [6.07, 6.45) is -0.884. The van der Waals surface area contributed by atoms with E-state index in [2.05, 4.69) is 5.32 Å². The Morgan fingerprint density at radius 1 is 0.903 bits per heavy atom. The molecular weight excluding hydrogens is 400 g/mol. The zero-order valence-electron chi connectivity index (χ0n) is 16.5. The van der Waals surface area contributed by atoms with Crippen molar-refractivity contribution >= 4 is 17.7 Å². The Labute approximate surface area is 178 Å². The van der Waals surface area contributed by atoms with Gasteiger partial charge in [0.1, 0.15) is 12.4 Å². The van der Waals surface area contributed by atoms with E-state index in [-0.39, 0.29) is 24.5 Å². The molecule has 8 nitrogen and oxygen atoms in total. The van der Waals surface area contributed by atoms with E-state index in [1.165, 1.54) is 24.3 Å². The number of hydrogen-bond donors (Lipinski definition) is 1. The summed E-state index contributed by atoms with van der Waals surface area (Å²) in [6, 6.07) is 22.7. The van der Waals surface area contributed by atoms with Crippen molar-refractivity contribution in [1.29, 1.82) is 0 Å². The van der Waals surface area contributed by atoms with Gasteiger partial charge >= 0.3 is 12.1 Å². The van der Waals surface area contributed by atoms with Gasteiger partial charge in [-0.25, -0.2) is 4.79 Å². The molecule has 0 bridgehead atoms. The number of benzene rings is 3. The molecule has 0 aliphatic rings. The van der Waals surface area contributed by atoms with Gasteiger partial charge in [-0.2, -0.15) is 0 Å². The Morgan fingerprint density at radius 3 is 2.13 bits per heavy atom. The molecule has 3 aromatic rings. The summed E-state index contributed by atoms with van der Waals surface area (Å²) in [5.41, 5.74) is 1.45. The first-order chi connectivity index (χ1) is 15.0. The van der Waals surface area contributed by atoms with Gasteiger partial charge in [0.2, 0.25) is 0 Å². The number of nitro benzene ring substituents is 1. The number of carbonyl (C=O) groups excluding carboxylic acids is 2. The van der Waals surface area contributed by atoms with E-state index in [4.69, 9.17) is 9.47 Å². The average Bonchev–Trinajstić information content (AvgIpc) is 2.79. The number of nitrogens with zero attached hydrogens (tertiary/aromatic N) is 1. The lowest BCUT2D eigenvalue weighted by molar-refractivity contribution is -0.384. The summed E-state index contributed by atoms with van der Waals surface area (Å²) < 4.78 is 10.5. The van der Waals surface area contributed by atoms with E-state index in [1.807, 2.05) is 36.4 Å². The van der Waals surface area contributed by atoms with Crippen molar-refractivity contribution in [3.8, 4) is 5.75 Å². The fourth-order valence-electron chi connectivity index (χ4n) is 2.82. The quantitative estimate of drug-likeness (QED) is 0.325. The molecule has 31 heavy (non-hydrogen) atoms. The molecule has 0 spiro atoms. The molecule has 0 aromatic heterocycles. The Bertz CT molecular complexity index is 1020. The highest BCUT2D eigenvalue weighted by Crippen LogP contribution is 2.20. The maximum Gasteiger partial charge on any atom is 0.413 e. The summed E-state index contributed by atoms with van der Waals surface area (Å²) in [5, 5.41) is 13.4. The van der Waals surface area contributed by atoms with Crippen LogP contribution in [0.1, 0.15) is 23.6 Å². The maximum absolute atomic E-state index is 12.4. The third kappa shape index (κ3) is 6.67. The zero-order chi connectivity index (χ0) is 22.1. The molecule has 1 N–H and O–H groups in total. The van der Waals surface area contributed by atoms with Crippen LogP contribution in [0, 0.1) is 10.1 Å². The van der Waals surface area contributed by atoms with Gasteiger partial charge in [-0.1, -0.05) is 60.7 Å². The number of ether oxygens (including phenoxy) is 2. The molecule has 1 amide bonds. The van der Waals surface area contributed by atoms with E-state index >= 15 is 0 Å². The van der Waals surface area contributed by atoms with Crippen LogP contribution >= 0.6 is 0 Å². The van der Waals surface area contributed by atoms with E-state index in [9.17, 15) is 19.7 Å². The Balaban J connectivity index is 1.62. The molecule has 3 aromatic carbocycles. The van der Waals surface area contributed by atoms with Crippen molar-refractivity contribution in [1.82, 2.24) is 5.32 Å². The molecular formula is C23H20N2O6. The van der Waals surface area contributed by atoms with Crippen LogP contribution in [0.2, 0.25) is 0 Å². The smallest absolute Gasteiger partial charge is 0.413 e. The lowest BCUT2D eigenvalue weighted by Crippen LogP contribution is -2.32. The molecule has 0 aliphatic heterocycles. The van der Waals surface area contributed by atoms with E-state index in [0.29, 0.717) is 5.56 Å². The van der Waals surface area contributed by atoms with Crippen molar-refractivity contribution in [2.75, 3.05) is 0 Å². The standard InChI is InChI=1S/C23H20N2O6/c26-22(30-16-17-7-3-1-4-8-17)15-21(18-9-5-2-6-10-18)24-23(27)31-20-13-11-19(12-14-20)25(28)29/h1-14,21H,15-16H2,(H,24,27). The average molecular weight is 420 g/mol. The minimum Gasteiger partial charge on any atom is -0.461 e. The molecule has 0 aliphatic carbocycles. The van der Waals surface area contributed by atoms with Crippen LogP contribution in [-0.2, 0) is 16.1 Å². The maximum atomic E-state index is 12.4. The number of rotatable bonds is 8. The fraction of sp³-hybridized carbons (Fsp3) is 0.130. The van der Waals surface area contributed by atoms with Crippen LogP contribution in [0.5, 0.6) is 5.75 Å². The van der Waals surface area contributed by atoms with Gasteiger partial charge in [-0.05, 0) is 23.3 Å². The van der Waals surface area contributed by atoms with Gasteiger partial charge < -0.3 is 14.8 Å². The molecule has 158 valence electrons.